The van der Waals surface area contributed by atoms with Gasteiger partial charge in [0.05, 0.1) is 14.2 Å². The van der Waals surface area contributed by atoms with Gasteiger partial charge in [0.2, 0.25) is 0 Å². The summed E-state index contributed by atoms with van der Waals surface area (Å²) >= 11 is 0. The minimum absolute atomic E-state index is 0.261. The van der Waals surface area contributed by atoms with Crippen LogP contribution in [0.15, 0.2) is 60.9 Å². The second-order valence-corrected chi connectivity index (χ2v) is 6.13. The second-order valence-electron chi connectivity index (χ2n) is 6.13. The molecule has 0 aliphatic carbocycles. The predicted molar refractivity (Wildman–Crippen MR) is 105 cm³/mol. The van der Waals surface area contributed by atoms with Crippen molar-refractivity contribution >= 4 is 11.5 Å². The number of halogens is 1. The highest BCUT2D eigenvalue weighted by Crippen LogP contribution is 2.33. The maximum Gasteiger partial charge on any atom is 0.170 e. The Morgan fingerprint density at radius 2 is 1.71 bits per heavy atom. The molecule has 6 nitrogen and oxygen atoms in total. The zero-order valence-corrected chi connectivity index (χ0v) is 15.5. The Kier molecular flexibility index (Phi) is 4.80. The van der Waals surface area contributed by atoms with Gasteiger partial charge in [-0.25, -0.2) is 4.39 Å². The molecule has 0 saturated carbocycles. The van der Waals surface area contributed by atoms with Crippen molar-refractivity contribution in [2.24, 2.45) is 0 Å². The highest BCUT2D eigenvalue weighted by Gasteiger charge is 2.14. The van der Waals surface area contributed by atoms with Crippen molar-refractivity contribution < 1.29 is 13.9 Å². The van der Waals surface area contributed by atoms with Gasteiger partial charge in [-0.15, -0.1) is 10.2 Å². The molecular formula is C21H19FN4O2. The smallest absolute Gasteiger partial charge is 0.170 e. The standard InChI is InChI=1S/C21H19FN4O2/c1-27-18-8-4-3-6-14(18)15-10-11-20(26-13-24-25-21(15)26)23-12-16-17(22)7-5-9-19(16)28-2/h3-11,13,23H,12H2,1-2H3. The van der Waals surface area contributed by atoms with Gasteiger partial charge in [0, 0.05) is 23.2 Å². The lowest BCUT2D eigenvalue weighted by Crippen LogP contribution is -2.07. The summed E-state index contributed by atoms with van der Waals surface area (Å²) in [5.41, 5.74) is 2.95. The van der Waals surface area contributed by atoms with Gasteiger partial charge in [-0.3, -0.25) is 4.40 Å². The minimum Gasteiger partial charge on any atom is -0.496 e. The minimum atomic E-state index is -0.322. The maximum atomic E-state index is 14.2. The third kappa shape index (κ3) is 3.11. The lowest BCUT2D eigenvalue weighted by atomic mass is 10.1. The van der Waals surface area contributed by atoms with Gasteiger partial charge in [0.15, 0.2) is 5.65 Å². The highest BCUT2D eigenvalue weighted by molar-refractivity contribution is 5.82. The van der Waals surface area contributed by atoms with Crippen LogP contribution in [0.5, 0.6) is 11.5 Å². The van der Waals surface area contributed by atoms with Crippen LogP contribution in [0.1, 0.15) is 5.56 Å². The molecule has 0 fully saturated rings. The number of hydrogen-bond donors (Lipinski definition) is 1. The summed E-state index contributed by atoms with van der Waals surface area (Å²) in [4.78, 5) is 0. The maximum absolute atomic E-state index is 14.2. The van der Waals surface area contributed by atoms with E-state index >= 15 is 0 Å². The van der Waals surface area contributed by atoms with Crippen LogP contribution in [0.3, 0.4) is 0 Å². The largest absolute Gasteiger partial charge is 0.496 e. The fourth-order valence-corrected chi connectivity index (χ4v) is 3.21. The van der Waals surface area contributed by atoms with E-state index in [2.05, 4.69) is 15.5 Å². The van der Waals surface area contributed by atoms with E-state index in [1.807, 2.05) is 40.8 Å². The summed E-state index contributed by atoms with van der Waals surface area (Å²) in [6.45, 7) is 0.261. The van der Waals surface area contributed by atoms with E-state index in [4.69, 9.17) is 9.47 Å². The number of benzene rings is 2. The number of methoxy groups -OCH3 is 2. The third-order valence-corrected chi connectivity index (χ3v) is 4.60. The molecule has 0 aliphatic heterocycles. The van der Waals surface area contributed by atoms with E-state index in [0.29, 0.717) is 17.0 Å². The van der Waals surface area contributed by atoms with Crippen molar-refractivity contribution in [2.45, 2.75) is 6.54 Å². The number of pyridine rings is 1. The number of nitrogens with zero attached hydrogens (tertiary/aromatic N) is 3. The first-order valence-corrected chi connectivity index (χ1v) is 8.74. The fraction of sp³-hybridized carbons (Fsp3) is 0.143. The number of rotatable bonds is 6. The number of anilines is 1. The molecule has 0 radical (unpaired) electrons. The molecule has 7 heteroatoms. The van der Waals surface area contributed by atoms with Crippen LogP contribution in [-0.4, -0.2) is 28.8 Å². The summed E-state index contributed by atoms with van der Waals surface area (Å²) in [5, 5.41) is 11.5. The van der Waals surface area contributed by atoms with Crippen molar-refractivity contribution in [3.63, 3.8) is 0 Å². The van der Waals surface area contributed by atoms with E-state index in [1.165, 1.54) is 13.2 Å². The van der Waals surface area contributed by atoms with Crippen LogP contribution >= 0.6 is 0 Å². The Morgan fingerprint density at radius 3 is 2.54 bits per heavy atom. The molecule has 0 aliphatic rings. The molecule has 142 valence electrons. The van der Waals surface area contributed by atoms with Crippen molar-refractivity contribution in [3.8, 4) is 22.6 Å². The monoisotopic (exact) mass is 378 g/mol. The molecule has 4 rings (SSSR count). The van der Waals surface area contributed by atoms with E-state index < -0.39 is 0 Å². The van der Waals surface area contributed by atoms with Gasteiger partial charge < -0.3 is 14.8 Å². The number of aromatic nitrogens is 3. The van der Waals surface area contributed by atoms with Crippen LogP contribution in [0.4, 0.5) is 10.2 Å². The zero-order chi connectivity index (χ0) is 19.5. The molecule has 28 heavy (non-hydrogen) atoms. The molecule has 0 amide bonds. The first-order chi connectivity index (χ1) is 13.7. The van der Waals surface area contributed by atoms with E-state index in [1.54, 1.807) is 25.6 Å². The van der Waals surface area contributed by atoms with Gasteiger partial charge >= 0.3 is 0 Å². The topological polar surface area (TPSA) is 60.7 Å². The molecule has 2 aromatic carbocycles. The van der Waals surface area contributed by atoms with Gasteiger partial charge in [-0.05, 0) is 30.3 Å². The summed E-state index contributed by atoms with van der Waals surface area (Å²) in [6.07, 6.45) is 1.62. The predicted octanol–water partition coefficient (Wildman–Crippen LogP) is 4.16. The highest BCUT2D eigenvalue weighted by atomic mass is 19.1. The van der Waals surface area contributed by atoms with Gasteiger partial charge in [0.1, 0.15) is 29.5 Å². The Labute approximate surface area is 161 Å². The van der Waals surface area contributed by atoms with Crippen LogP contribution in [0.2, 0.25) is 0 Å². The first-order valence-electron chi connectivity index (χ1n) is 8.74. The zero-order valence-electron chi connectivity index (χ0n) is 15.5. The SMILES string of the molecule is COc1ccccc1-c1ccc(NCc2c(F)cccc2OC)n2cnnc12. The lowest BCUT2D eigenvalue weighted by molar-refractivity contribution is 0.405. The molecule has 0 spiro atoms. The van der Waals surface area contributed by atoms with Crippen molar-refractivity contribution in [1.82, 2.24) is 14.6 Å². The molecule has 2 heterocycles. The number of fused-ring (bicyclic) bond motifs is 1. The number of hydrogen-bond acceptors (Lipinski definition) is 5. The second kappa shape index (κ2) is 7.56. The molecule has 0 bridgehead atoms. The van der Waals surface area contributed by atoms with Crippen molar-refractivity contribution in [2.75, 3.05) is 19.5 Å². The quantitative estimate of drug-likeness (QED) is 0.546. The van der Waals surface area contributed by atoms with Crippen LogP contribution in [0.25, 0.3) is 16.8 Å². The number of ether oxygens (including phenoxy) is 2. The number of nitrogens with one attached hydrogen (secondary N) is 1. The van der Waals surface area contributed by atoms with Crippen molar-refractivity contribution in [3.05, 3.63) is 72.3 Å². The van der Waals surface area contributed by atoms with Crippen molar-refractivity contribution in [1.29, 1.82) is 0 Å². The van der Waals surface area contributed by atoms with Crippen LogP contribution in [-0.2, 0) is 6.54 Å². The Bertz CT molecular complexity index is 1130. The van der Waals surface area contributed by atoms with E-state index in [9.17, 15) is 4.39 Å². The van der Waals surface area contributed by atoms with E-state index in [-0.39, 0.29) is 12.4 Å². The fourth-order valence-electron chi connectivity index (χ4n) is 3.21. The molecule has 0 unspecified atom stereocenters. The Hall–Kier alpha value is -3.61. The molecule has 0 atom stereocenters. The molecular weight excluding hydrogens is 359 g/mol. The number of para-hydroxylation sites is 1. The average Bonchev–Trinajstić information content (AvgIpc) is 3.22. The normalized spacial score (nSPS) is 10.8. The van der Waals surface area contributed by atoms with Gasteiger partial charge in [0.25, 0.3) is 0 Å². The van der Waals surface area contributed by atoms with E-state index in [0.717, 1.165) is 22.7 Å². The summed E-state index contributed by atoms with van der Waals surface area (Å²) in [7, 11) is 3.16. The van der Waals surface area contributed by atoms with Crippen LogP contribution < -0.4 is 14.8 Å². The molecule has 2 aromatic heterocycles. The Balaban J connectivity index is 1.71. The Morgan fingerprint density at radius 1 is 0.929 bits per heavy atom. The third-order valence-electron chi connectivity index (χ3n) is 4.60. The van der Waals surface area contributed by atoms with Gasteiger partial charge in [-0.2, -0.15) is 0 Å². The molecule has 0 saturated heterocycles. The molecule has 1 N–H and O–H groups in total. The summed E-state index contributed by atoms with van der Waals surface area (Å²) in [6, 6.07) is 16.4. The molecule has 4 aromatic rings. The summed E-state index contributed by atoms with van der Waals surface area (Å²) < 4.78 is 26.8. The first kappa shape index (κ1) is 17.8. The van der Waals surface area contributed by atoms with Crippen LogP contribution in [0, 0.1) is 5.82 Å². The summed E-state index contributed by atoms with van der Waals surface area (Å²) in [5.74, 6) is 1.67. The average molecular weight is 378 g/mol. The lowest BCUT2D eigenvalue weighted by Gasteiger charge is -2.14. The van der Waals surface area contributed by atoms with Gasteiger partial charge in [-0.1, -0.05) is 24.3 Å².